The number of aromatic nitrogens is 2. The van der Waals surface area contributed by atoms with Crippen LogP contribution < -0.4 is 9.47 Å². The number of imidazole rings is 1. The first-order valence-electron chi connectivity index (χ1n) is 8.83. The second-order valence-electron chi connectivity index (χ2n) is 6.57. The van der Waals surface area contributed by atoms with E-state index in [1.165, 1.54) is 6.21 Å². The molecule has 2 heterocycles. The Morgan fingerprint density at radius 1 is 1.00 bits per heavy atom. The molecule has 30 heavy (non-hydrogen) atoms. The molecular weight excluding hydrogens is 518 g/mol. The molecule has 0 aliphatic carbocycles. The molecule has 0 atom stereocenters. The summed E-state index contributed by atoms with van der Waals surface area (Å²) in [6.07, 6.45) is 1.53. The van der Waals surface area contributed by atoms with Crippen LogP contribution in [-0.2, 0) is 0 Å². The molecule has 1 aliphatic heterocycles. The van der Waals surface area contributed by atoms with Crippen LogP contribution in [0.5, 0.6) is 23.0 Å². The van der Waals surface area contributed by atoms with E-state index in [0.717, 1.165) is 22.3 Å². The van der Waals surface area contributed by atoms with E-state index in [1.807, 2.05) is 36.4 Å². The van der Waals surface area contributed by atoms with Gasteiger partial charge in [-0.1, -0.05) is 0 Å². The van der Waals surface area contributed by atoms with E-state index in [2.05, 4.69) is 46.8 Å². The highest BCUT2D eigenvalue weighted by molar-refractivity contribution is 9.11. The van der Waals surface area contributed by atoms with Crippen LogP contribution in [0, 0.1) is 0 Å². The normalized spacial score (nSPS) is 12.9. The van der Waals surface area contributed by atoms with Gasteiger partial charge in [0.1, 0.15) is 21.8 Å². The Morgan fingerprint density at radius 2 is 1.83 bits per heavy atom. The van der Waals surface area contributed by atoms with Crippen molar-refractivity contribution in [2.24, 2.45) is 4.99 Å². The number of aromatic amines is 1. The number of H-pyrrole nitrogens is 1. The van der Waals surface area contributed by atoms with Gasteiger partial charge in [0.2, 0.25) is 6.79 Å². The maximum absolute atomic E-state index is 10.2. The van der Waals surface area contributed by atoms with Crippen LogP contribution in [0.25, 0.3) is 22.4 Å². The molecule has 0 unspecified atom stereocenters. The van der Waals surface area contributed by atoms with Crippen molar-refractivity contribution in [2.45, 2.75) is 0 Å². The summed E-state index contributed by atoms with van der Waals surface area (Å²) in [4.78, 5) is 12.4. The SMILES string of the molecule is Oc1c(Br)cc(C=Nc2ccc3nc(-c4ccc5c(c4)OCO5)[nH]c3c2)c(O)c1Br. The van der Waals surface area contributed by atoms with Gasteiger partial charge < -0.3 is 24.7 Å². The molecule has 0 radical (unpaired) electrons. The Balaban J connectivity index is 1.47. The molecule has 0 spiro atoms. The van der Waals surface area contributed by atoms with Crippen molar-refractivity contribution in [1.29, 1.82) is 0 Å². The Hall–Kier alpha value is -3.04. The number of benzene rings is 3. The van der Waals surface area contributed by atoms with Gasteiger partial charge in [-0.3, -0.25) is 4.99 Å². The van der Waals surface area contributed by atoms with Crippen LogP contribution in [0.4, 0.5) is 5.69 Å². The Bertz CT molecular complexity index is 1330. The van der Waals surface area contributed by atoms with E-state index < -0.39 is 0 Å². The van der Waals surface area contributed by atoms with Gasteiger partial charge in [-0.25, -0.2) is 4.98 Å². The number of halogens is 2. The largest absolute Gasteiger partial charge is 0.506 e. The number of phenolic OH excluding ortho intramolecular Hbond substituents is 2. The third-order valence-electron chi connectivity index (χ3n) is 4.66. The van der Waals surface area contributed by atoms with Crippen molar-refractivity contribution >= 4 is 54.8 Å². The van der Waals surface area contributed by atoms with Gasteiger partial charge in [-0.05, 0) is 74.3 Å². The fraction of sp³-hybridized carbons (Fsp3) is 0.0476. The molecule has 4 aromatic rings. The summed E-state index contributed by atoms with van der Waals surface area (Å²) >= 11 is 6.41. The van der Waals surface area contributed by atoms with Gasteiger partial charge in [-0.2, -0.15) is 0 Å². The lowest BCUT2D eigenvalue weighted by molar-refractivity contribution is 0.174. The number of rotatable bonds is 3. The highest BCUT2D eigenvalue weighted by Crippen LogP contribution is 2.41. The van der Waals surface area contributed by atoms with Crippen LogP contribution >= 0.6 is 31.9 Å². The average molecular weight is 531 g/mol. The zero-order valence-corrected chi connectivity index (χ0v) is 18.4. The first-order valence-corrected chi connectivity index (χ1v) is 10.4. The average Bonchev–Trinajstić information content (AvgIpc) is 3.39. The third-order valence-corrected chi connectivity index (χ3v) is 6.02. The summed E-state index contributed by atoms with van der Waals surface area (Å²) in [7, 11) is 0. The maximum atomic E-state index is 10.2. The fourth-order valence-electron chi connectivity index (χ4n) is 3.12. The van der Waals surface area contributed by atoms with Crippen molar-refractivity contribution in [3.8, 4) is 34.4 Å². The first kappa shape index (κ1) is 19.0. The summed E-state index contributed by atoms with van der Waals surface area (Å²) < 4.78 is 11.4. The van der Waals surface area contributed by atoms with E-state index in [0.29, 0.717) is 27.3 Å². The quantitative estimate of drug-likeness (QED) is 0.297. The topological polar surface area (TPSA) is 100.0 Å². The molecule has 3 aromatic carbocycles. The van der Waals surface area contributed by atoms with Gasteiger partial charge >= 0.3 is 0 Å². The summed E-state index contributed by atoms with van der Waals surface area (Å²) in [6.45, 7) is 0.226. The second kappa shape index (κ2) is 7.33. The monoisotopic (exact) mass is 529 g/mol. The molecule has 0 saturated carbocycles. The predicted molar refractivity (Wildman–Crippen MR) is 120 cm³/mol. The number of phenols is 2. The minimum atomic E-state index is -0.0906. The third kappa shape index (κ3) is 3.29. The van der Waals surface area contributed by atoms with Crippen molar-refractivity contribution in [2.75, 3.05) is 6.79 Å². The Labute approximate surface area is 187 Å². The molecule has 1 aliphatic rings. The zero-order chi connectivity index (χ0) is 20.8. The van der Waals surface area contributed by atoms with Gasteiger partial charge in [0.05, 0.1) is 21.2 Å². The number of nitrogens with one attached hydrogen (secondary N) is 1. The highest BCUT2D eigenvalue weighted by Gasteiger charge is 2.16. The first-order chi connectivity index (χ1) is 14.5. The number of aromatic hydroxyl groups is 2. The van der Waals surface area contributed by atoms with Crippen LogP contribution in [0.1, 0.15) is 5.56 Å². The zero-order valence-electron chi connectivity index (χ0n) is 15.2. The minimum absolute atomic E-state index is 0.0698. The summed E-state index contributed by atoms with van der Waals surface area (Å²) in [6, 6.07) is 12.8. The number of hydrogen-bond acceptors (Lipinski definition) is 6. The van der Waals surface area contributed by atoms with Crippen molar-refractivity contribution in [1.82, 2.24) is 9.97 Å². The number of hydrogen-bond donors (Lipinski definition) is 3. The van der Waals surface area contributed by atoms with Gasteiger partial charge in [0.15, 0.2) is 11.5 Å². The molecule has 0 fully saturated rings. The summed E-state index contributed by atoms with van der Waals surface area (Å²) in [5.74, 6) is 1.98. The van der Waals surface area contributed by atoms with E-state index in [-0.39, 0.29) is 22.8 Å². The van der Waals surface area contributed by atoms with Crippen LogP contribution in [-0.4, -0.2) is 33.2 Å². The number of fused-ring (bicyclic) bond motifs is 2. The minimum Gasteiger partial charge on any atom is -0.506 e. The molecule has 9 heteroatoms. The molecule has 0 bridgehead atoms. The standard InChI is InChI=1S/C21H13Br2N3O4/c22-13-5-11(19(27)18(23)20(13)28)8-24-12-2-3-14-15(7-12)26-21(25-14)10-1-4-16-17(6-10)30-9-29-16/h1-8,27-28H,9H2,(H,25,26). The predicted octanol–water partition coefficient (Wildman–Crippen LogP) is 5.65. The number of nitrogens with zero attached hydrogens (tertiary/aromatic N) is 2. The second-order valence-corrected chi connectivity index (χ2v) is 8.22. The lowest BCUT2D eigenvalue weighted by Gasteiger charge is -2.06. The smallest absolute Gasteiger partial charge is 0.231 e. The molecular formula is C21H13Br2N3O4. The number of ether oxygens (including phenoxy) is 2. The Morgan fingerprint density at radius 3 is 2.70 bits per heavy atom. The van der Waals surface area contributed by atoms with Crippen LogP contribution in [0.15, 0.2) is 56.4 Å². The molecule has 3 N–H and O–H groups in total. The van der Waals surface area contributed by atoms with Gasteiger partial charge in [0.25, 0.3) is 0 Å². The van der Waals surface area contributed by atoms with Crippen molar-refractivity contribution in [3.63, 3.8) is 0 Å². The molecule has 150 valence electrons. The molecule has 0 amide bonds. The number of aliphatic imine (C=N–C) groups is 1. The van der Waals surface area contributed by atoms with Crippen LogP contribution in [0.2, 0.25) is 0 Å². The van der Waals surface area contributed by atoms with Gasteiger partial charge in [-0.15, -0.1) is 0 Å². The fourth-order valence-corrected chi connectivity index (χ4v) is 4.27. The van der Waals surface area contributed by atoms with Crippen molar-refractivity contribution in [3.05, 3.63) is 57.0 Å². The van der Waals surface area contributed by atoms with Gasteiger partial charge in [0, 0.05) is 17.3 Å². The molecule has 1 aromatic heterocycles. The molecule has 7 nitrogen and oxygen atoms in total. The lowest BCUT2D eigenvalue weighted by Crippen LogP contribution is -1.92. The van der Waals surface area contributed by atoms with E-state index >= 15 is 0 Å². The molecule has 0 saturated heterocycles. The Kier molecular flexibility index (Phi) is 4.63. The maximum Gasteiger partial charge on any atom is 0.231 e. The summed E-state index contributed by atoms with van der Waals surface area (Å²) in [5.41, 5.74) is 3.67. The van der Waals surface area contributed by atoms with Crippen molar-refractivity contribution < 1.29 is 19.7 Å². The van der Waals surface area contributed by atoms with E-state index in [4.69, 9.17) is 9.47 Å². The highest BCUT2D eigenvalue weighted by atomic mass is 79.9. The lowest BCUT2D eigenvalue weighted by atomic mass is 10.2. The van der Waals surface area contributed by atoms with E-state index in [1.54, 1.807) is 6.07 Å². The summed E-state index contributed by atoms with van der Waals surface area (Å²) in [5, 5.41) is 20.0. The van der Waals surface area contributed by atoms with Crippen LogP contribution in [0.3, 0.4) is 0 Å². The van der Waals surface area contributed by atoms with E-state index in [9.17, 15) is 10.2 Å². The molecule has 5 rings (SSSR count).